The van der Waals surface area contributed by atoms with E-state index >= 15 is 0 Å². The zero-order chi connectivity index (χ0) is 19.6. The molecule has 29 heavy (non-hydrogen) atoms. The highest BCUT2D eigenvalue weighted by molar-refractivity contribution is 5.70. The van der Waals surface area contributed by atoms with E-state index in [0.29, 0.717) is 13.2 Å². The third-order valence-corrected chi connectivity index (χ3v) is 6.10. The fourth-order valence-electron chi connectivity index (χ4n) is 4.70. The monoisotopic (exact) mass is 390 g/mol. The van der Waals surface area contributed by atoms with Gasteiger partial charge in [0.05, 0.1) is 17.7 Å². The van der Waals surface area contributed by atoms with Gasteiger partial charge in [0.25, 0.3) is 0 Å². The van der Waals surface area contributed by atoms with Crippen LogP contribution < -0.4 is 19.1 Å². The lowest BCUT2D eigenvalue weighted by atomic mass is 9.77. The van der Waals surface area contributed by atoms with Gasteiger partial charge in [-0.05, 0) is 17.7 Å². The molecule has 0 bridgehead atoms. The Hall–Kier alpha value is -3.15. The number of oxazole rings is 1. The number of ether oxygens (including phenoxy) is 3. The summed E-state index contributed by atoms with van der Waals surface area (Å²) < 4.78 is 23.0. The van der Waals surface area contributed by atoms with Crippen LogP contribution in [0.5, 0.6) is 17.2 Å². The summed E-state index contributed by atoms with van der Waals surface area (Å²) >= 11 is 0. The molecule has 6 heteroatoms. The van der Waals surface area contributed by atoms with Crippen LogP contribution in [0.1, 0.15) is 42.5 Å². The summed E-state index contributed by atoms with van der Waals surface area (Å²) in [6.45, 7) is 6.57. The number of aromatic nitrogens is 1. The molecule has 0 saturated heterocycles. The Balaban J connectivity index is 1.41. The van der Waals surface area contributed by atoms with E-state index < -0.39 is 0 Å². The Morgan fingerprint density at radius 2 is 1.86 bits per heavy atom. The zero-order valence-corrected chi connectivity index (χ0v) is 16.5. The van der Waals surface area contributed by atoms with Crippen LogP contribution in [-0.2, 0) is 12.0 Å². The number of nitrogens with zero attached hydrogens (tertiary/aromatic N) is 2. The van der Waals surface area contributed by atoms with Gasteiger partial charge in [0.15, 0.2) is 17.4 Å². The largest absolute Gasteiger partial charge is 0.492 e. The van der Waals surface area contributed by atoms with Crippen LogP contribution in [0.25, 0.3) is 0 Å². The molecule has 1 unspecified atom stereocenters. The van der Waals surface area contributed by atoms with Crippen molar-refractivity contribution >= 4 is 5.69 Å². The fourth-order valence-corrected chi connectivity index (χ4v) is 4.70. The minimum Gasteiger partial charge on any atom is -0.492 e. The van der Waals surface area contributed by atoms with Crippen LogP contribution in [0.15, 0.2) is 47.1 Å². The molecule has 148 valence electrons. The van der Waals surface area contributed by atoms with E-state index in [4.69, 9.17) is 18.6 Å². The first kappa shape index (κ1) is 16.8. The van der Waals surface area contributed by atoms with Crippen molar-refractivity contribution in [1.82, 2.24) is 4.98 Å². The van der Waals surface area contributed by atoms with Gasteiger partial charge < -0.3 is 23.5 Å². The van der Waals surface area contributed by atoms with Crippen LogP contribution >= 0.6 is 0 Å². The highest BCUT2D eigenvalue weighted by atomic mass is 16.7. The molecule has 3 aliphatic heterocycles. The first-order valence-corrected chi connectivity index (χ1v) is 10.00. The van der Waals surface area contributed by atoms with Gasteiger partial charge in [-0.3, -0.25) is 0 Å². The summed E-state index contributed by atoms with van der Waals surface area (Å²) in [5.74, 6) is 3.50. The maximum Gasteiger partial charge on any atom is 0.231 e. The molecule has 6 nitrogen and oxygen atoms in total. The summed E-state index contributed by atoms with van der Waals surface area (Å²) in [5.41, 5.74) is 4.39. The third-order valence-electron chi connectivity index (χ3n) is 6.10. The summed E-state index contributed by atoms with van der Waals surface area (Å²) in [5, 5.41) is 0. The normalized spacial score (nSPS) is 21.0. The number of rotatable bonds is 3. The van der Waals surface area contributed by atoms with Gasteiger partial charge in [0.2, 0.25) is 6.79 Å². The van der Waals surface area contributed by atoms with E-state index in [1.165, 1.54) is 16.8 Å². The highest BCUT2D eigenvalue weighted by Crippen LogP contribution is 2.54. The third kappa shape index (κ3) is 2.38. The molecule has 0 radical (unpaired) electrons. The van der Waals surface area contributed by atoms with E-state index in [1.54, 1.807) is 6.26 Å². The lowest BCUT2D eigenvalue weighted by molar-refractivity contribution is 0.173. The zero-order valence-electron chi connectivity index (χ0n) is 16.5. The van der Waals surface area contributed by atoms with Gasteiger partial charge >= 0.3 is 0 Å². The van der Waals surface area contributed by atoms with Crippen molar-refractivity contribution in [2.75, 3.05) is 24.8 Å². The number of fused-ring (bicyclic) bond motifs is 5. The maximum atomic E-state index is 6.16. The summed E-state index contributed by atoms with van der Waals surface area (Å²) in [6, 6.07) is 12.6. The molecule has 2 aromatic carbocycles. The predicted molar refractivity (Wildman–Crippen MR) is 107 cm³/mol. The molecule has 0 aliphatic carbocycles. The lowest BCUT2D eigenvalue weighted by Gasteiger charge is -2.24. The van der Waals surface area contributed by atoms with Crippen LogP contribution in [0.2, 0.25) is 0 Å². The Kier molecular flexibility index (Phi) is 3.43. The number of anilines is 1. The second-order valence-corrected chi connectivity index (χ2v) is 8.28. The van der Waals surface area contributed by atoms with Crippen molar-refractivity contribution in [3.63, 3.8) is 0 Å². The average molecular weight is 390 g/mol. The molecule has 0 amide bonds. The molecule has 1 spiro atoms. The molecular weight excluding hydrogens is 368 g/mol. The second-order valence-electron chi connectivity index (χ2n) is 8.28. The summed E-state index contributed by atoms with van der Waals surface area (Å²) in [4.78, 5) is 7.05. The first-order valence-electron chi connectivity index (χ1n) is 10.00. The molecule has 4 heterocycles. The van der Waals surface area contributed by atoms with Gasteiger partial charge in [-0.1, -0.05) is 32.0 Å². The molecule has 3 aliphatic rings. The van der Waals surface area contributed by atoms with Crippen LogP contribution in [-0.4, -0.2) is 24.9 Å². The lowest BCUT2D eigenvalue weighted by Crippen LogP contribution is -2.36. The Bertz CT molecular complexity index is 1110. The smallest absolute Gasteiger partial charge is 0.231 e. The molecule has 1 atom stereocenters. The second kappa shape index (κ2) is 5.92. The van der Waals surface area contributed by atoms with Gasteiger partial charge in [0.1, 0.15) is 18.6 Å². The van der Waals surface area contributed by atoms with Crippen molar-refractivity contribution in [1.29, 1.82) is 0 Å². The highest BCUT2D eigenvalue weighted by Gasteiger charge is 2.50. The molecule has 6 rings (SSSR count). The van der Waals surface area contributed by atoms with Gasteiger partial charge in [-0.25, -0.2) is 4.98 Å². The van der Waals surface area contributed by atoms with E-state index in [2.05, 4.69) is 54.1 Å². The topological polar surface area (TPSA) is 57.0 Å². The standard InChI is InChI=1S/C23H22N2O4/c1-14(2)22-24-15(10-26-22)9-25-11-23(16-5-3-4-6-18(16)25)12-27-19-8-21-20(7-17(19)23)28-13-29-21/h3-8,10,14H,9,11-13H2,1-2H3. The first-order chi connectivity index (χ1) is 14.1. The van der Waals surface area contributed by atoms with Crippen molar-refractivity contribution in [2.24, 2.45) is 0 Å². The molecule has 0 saturated carbocycles. The summed E-state index contributed by atoms with van der Waals surface area (Å²) in [6.07, 6.45) is 1.78. The van der Waals surface area contributed by atoms with Gasteiger partial charge in [0, 0.05) is 29.8 Å². The van der Waals surface area contributed by atoms with E-state index in [9.17, 15) is 0 Å². The Morgan fingerprint density at radius 3 is 2.69 bits per heavy atom. The van der Waals surface area contributed by atoms with Gasteiger partial charge in [-0.2, -0.15) is 0 Å². The average Bonchev–Trinajstić information content (AvgIpc) is 3.49. The Morgan fingerprint density at radius 1 is 1.03 bits per heavy atom. The quantitative estimate of drug-likeness (QED) is 0.667. The molecule has 3 aromatic rings. The molecular formula is C23H22N2O4. The minimum atomic E-state index is -0.225. The summed E-state index contributed by atoms with van der Waals surface area (Å²) in [7, 11) is 0. The van der Waals surface area contributed by atoms with Crippen molar-refractivity contribution in [2.45, 2.75) is 31.7 Å². The van der Waals surface area contributed by atoms with Gasteiger partial charge in [-0.15, -0.1) is 0 Å². The van der Waals surface area contributed by atoms with Crippen LogP contribution in [0.4, 0.5) is 5.69 Å². The van der Waals surface area contributed by atoms with Crippen LogP contribution in [0.3, 0.4) is 0 Å². The molecule has 0 N–H and O–H groups in total. The van der Waals surface area contributed by atoms with Crippen molar-refractivity contribution in [3.8, 4) is 17.2 Å². The number of para-hydroxylation sites is 1. The number of hydrogen-bond donors (Lipinski definition) is 0. The molecule has 1 aromatic heterocycles. The van der Waals surface area contributed by atoms with Crippen molar-refractivity contribution < 1.29 is 18.6 Å². The minimum absolute atomic E-state index is 0.225. The van der Waals surface area contributed by atoms with Crippen molar-refractivity contribution in [3.05, 3.63) is 65.4 Å². The fraction of sp³-hybridized carbons (Fsp3) is 0.348. The van der Waals surface area contributed by atoms with Crippen LogP contribution in [0, 0.1) is 0 Å². The number of hydrogen-bond acceptors (Lipinski definition) is 6. The Labute approximate surface area is 169 Å². The van der Waals surface area contributed by atoms with E-state index in [-0.39, 0.29) is 18.1 Å². The SMILES string of the molecule is CC(C)c1nc(CN2CC3(COc4cc5c(cc43)OCO5)c3ccccc32)co1. The number of benzene rings is 2. The molecule has 0 fully saturated rings. The maximum absolute atomic E-state index is 6.16. The van der Waals surface area contributed by atoms with E-state index in [1.807, 2.05) is 6.07 Å². The van der Waals surface area contributed by atoms with E-state index in [0.717, 1.165) is 35.4 Å². The predicted octanol–water partition coefficient (Wildman–Crippen LogP) is 4.23.